The molecule has 3 rings (SSSR count). The molecule has 1 saturated heterocycles. The van der Waals surface area contributed by atoms with Crippen molar-refractivity contribution in [2.45, 2.75) is 20.3 Å². The number of thioether (sulfide) groups is 1. The van der Waals surface area contributed by atoms with Crippen LogP contribution in [-0.2, 0) is 9.59 Å². The van der Waals surface area contributed by atoms with Crippen molar-refractivity contribution in [3.05, 3.63) is 64.1 Å². The number of carbonyl (C=O) groups excluding carboxylic acids is 1. The smallest absolute Gasteiger partial charge is 0.306 e. The van der Waals surface area contributed by atoms with Crippen LogP contribution < -0.4 is 10.1 Å². The molecule has 0 aliphatic carbocycles. The van der Waals surface area contributed by atoms with Crippen LogP contribution in [0.4, 0.5) is 5.69 Å². The van der Waals surface area contributed by atoms with Gasteiger partial charge in [0.25, 0.3) is 5.91 Å². The van der Waals surface area contributed by atoms with Crippen LogP contribution in [-0.4, -0.2) is 28.8 Å². The SMILES string of the molecule is Cc1cccc(N=C2NC(=O)/C(=C\c3ccc(OCCC(=O)O)cc3)S2)c1C. The second kappa shape index (κ2) is 8.75. The summed E-state index contributed by atoms with van der Waals surface area (Å²) >= 11 is 1.30. The molecule has 0 atom stereocenters. The van der Waals surface area contributed by atoms with E-state index in [1.54, 1.807) is 18.2 Å². The van der Waals surface area contributed by atoms with Crippen LogP contribution in [0.15, 0.2) is 52.4 Å². The number of carboxylic acid groups (broad SMARTS) is 1. The predicted octanol–water partition coefficient (Wildman–Crippen LogP) is 4.05. The van der Waals surface area contributed by atoms with Crippen molar-refractivity contribution >= 4 is 40.6 Å². The van der Waals surface area contributed by atoms with Gasteiger partial charge in [-0.05, 0) is 66.6 Å². The summed E-state index contributed by atoms with van der Waals surface area (Å²) in [6.45, 7) is 4.15. The lowest BCUT2D eigenvalue weighted by atomic mass is 10.1. The molecule has 6 nitrogen and oxygen atoms in total. The van der Waals surface area contributed by atoms with E-state index in [2.05, 4.69) is 10.3 Å². The van der Waals surface area contributed by atoms with Gasteiger partial charge in [-0.15, -0.1) is 0 Å². The molecule has 7 heteroatoms. The second-order valence-electron chi connectivity index (χ2n) is 6.26. The largest absolute Gasteiger partial charge is 0.493 e. The maximum Gasteiger partial charge on any atom is 0.306 e. The molecule has 0 bridgehead atoms. The van der Waals surface area contributed by atoms with Gasteiger partial charge in [-0.1, -0.05) is 24.3 Å². The van der Waals surface area contributed by atoms with Gasteiger partial charge < -0.3 is 15.2 Å². The van der Waals surface area contributed by atoms with Crippen molar-refractivity contribution in [2.24, 2.45) is 4.99 Å². The standard InChI is InChI=1S/C21H20N2O4S/c1-13-4-3-5-17(14(13)2)22-21-23-20(26)18(28-21)12-15-6-8-16(9-7-15)27-11-10-19(24)25/h3-9,12H,10-11H2,1-2H3,(H,24,25)(H,22,23,26)/b18-12+. The number of nitrogens with one attached hydrogen (secondary N) is 1. The second-order valence-corrected chi connectivity index (χ2v) is 7.29. The predicted molar refractivity (Wildman–Crippen MR) is 111 cm³/mol. The first-order valence-electron chi connectivity index (χ1n) is 8.73. The van der Waals surface area contributed by atoms with Gasteiger partial charge in [-0.3, -0.25) is 9.59 Å². The molecule has 144 valence electrons. The lowest BCUT2D eigenvalue weighted by Crippen LogP contribution is -2.19. The Hall–Kier alpha value is -3.06. The van der Waals surface area contributed by atoms with E-state index in [9.17, 15) is 9.59 Å². The highest BCUT2D eigenvalue weighted by Gasteiger charge is 2.24. The van der Waals surface area contributed by atoms with Crippen LogP contribution in [0.25, 0.3) is 6.08 Å². The van der Waals surface area contributed by atoms with E-state index in [4.69, 9.17) is 9.84 Å². The zero-order chi connectivity index (χ0) is 20.1. The molecule has 28 heavy (non-hydrogen) atoms. The van der Waals surface area contributed by atoms with Crippen LogP contribution in [0, 0.1) is 13.8 Å². The van der Waals surface area contributed by atoms with E-state index in [0.29, 0.717) is 15.8 Å². The molecule has 1 aliphatic rings. The number of hydrogen-bond donors (Lipinski definition) is 2. The van der Waals surface area contributed by atoms with Gasteiger partial charge in [0.2, 0.25) is 0 Å². The first-order valence-corrected chi connectivity index (χ1v) is 9.54. The molecule has 1 heterocycles. The lowest BCUT2D eigenvalue weighted by molar-refractivity contribution is -0.137. The van der Waals surface area contributed by atoms with Gasteiger partial charge in [0, 0.05) is 0 Å². The monoisotopic (exact) mass is 396 g/mol. The Labute approximate surface area is 167 Å². The third-order valence-corrected chi connectivity index (χ3v) is 5.12. The van der Waals surface area contributed by atoms with Crippen LogP contribution >= 0.6 is 11.8 Å². The molecular weight excluding hydrogens is 376 g/mol. The number of nitrogens with zero attached hydrogens (tertiary/aromatic N) is 1. The minimum absolute atomic E-state index is 0.0505. The van der Waals surface area contributed by atoms with Crippen molar-refractivity contribution < 1.29 is 19.4 Å². The number of carbonyl (C=O) groups is 2. The number of rotatable bonds is 6. The van der Waals surface area contributed by atoms with Crippen LogP contribution in [0.1, 0.15) is 23.1 Å². The molecule has 1 amide bonds. The van der Waals surface area contributed by atoms with Crippen LogP contribution in [0.5, 0.6) is 5.75 Å². The number of hydrogen-bond acceptors (Lipinski definition) is 5. The molecule has 0 unspecified atom stereocenters. The first kappa shape index (κ1) is 19.7. The molecule has 0 saturated carbocycles. The normalized spacial score (nSPS) is 16.4. The highest BCUT2D eigenvalue weighted by molar-refractivity contribution is 8.18. The Kier molecular flexibility index (Phi) is 6.16. The Morgan fingerprint density at radius 1 is 1.21 bits per heavy atom. The summed E-state index contributed by atoms with van der Waals surface area (Å²) in [5, 5.41) is 12.0. The molecule has 2 aromatic rings. The van der Waals surface area contributed by atoms with Gasteiger partial charge in [0.05, 0.1) is 23.6 Å². The summed E-state index contributed by atoms with van der Waals surface area (Å²) in [6.07, 6.45) is 1.73. The molecular formula is C21H20N2O4S. The van der Waals surface area contributed by atoms with E-state index >= 15 is 0 Å². The number of aliphatic imine (C=N–C) groups is 1. The van der Waals surface area contributed by atoms with Gasteiger partial charge in [0.1, 0.15) is 5.75 Å². The highest BCUT2D eigenvalue weighted by Crippen LogP contribution is 2.30. The summed E-state index contributed by atoms with van der Waals surface area (Å²) in [7, 11) is 0. The summed E-state index contributed by atoms with van der Waals surface area (Å²) in [5.41, 5.74) is 3.92. The van der Waals surface area contributed by atoms with Gasteiger partial charge in [-0.25, -0.2) is 4.99 Å². The fourth-order valence-corrected chi connectivity index (χ4v) is 3.35. The zero-order valence-corrected chi connectivity index (χ0v) is 16.4. The van der Waals surface area contributed by atoms with Crippen molar-refractivity contribution in [2.75, 3.05) is 6.61 Å². The number of ether oxygens (including phenoxy) is 1. The van der Waals surface area contributed by atoms with Crippen molar-refractivity contribution in [1.82, 2.24) is 5.32 Å². The number of amides is 1. The van der Waals surface area contributed by atoms with Crippen molar-refractivity contribution in [1.29, 1.82) is 0 Å². The Morgan fingerprint density at radius 2 is 1.96 bits per heavy atom. The van der Waals surface area contributed by atoms with Gasteiger partial charge in [-0.2, -0.15) is 0 Å². The summed E-state index contributed by atoms with van der Waals surface area (Å²) in [5.74, 6) is -0.496. The topological polar surface area (TPSA) is 88.0 Å². The number of carboxylic acids is 1. The zero-order valence-electron chi connectivity index (χ0n) is 15.6. The average Bonchev–Trinajstić information content (AvgIpc) is 2.99. The molecule has 0 aromatic heterocycles. The maximum atomic E-state index is 12.2. The van der Waals surface area contributed by atoms with Crippen LogP contribution in [0.3, 0.4) is 0 Å². The van der Waals surface area contributed by atoms with E-state index < -0.39 is 5.97 Å². The summed E-state index contributed by atoms with van der Waals surface area (Å²) in [6, 6.07) is 13.0. The fraction of sp³-hybridized carbons (Fsp3) is 0.190. The van der Waals surface area contributed by atoms with E-state index in [1.807, 2.05) is 44.2 Å². The summed E-state index contributed by atoms with van der Waals surface area (Å²) < 4.78 is 5.36. The molecule has 2 N–H and O–H groups in total. The first-order chi connectivity index (χ1) is 13.4. The summed E-state index contributed by atoms with van der Waals surface area (Å²) in [4.78, 5) is 27.9. The Balaban J connectivity index is 1.69. The Bertz CT molecular complexity index is 965. The quantitative estimate of drug-likeness (QED) is 0.719. The minimum Gasteiger partial charge on any atom is -0.493 e. The van der Waals surface area contributed by atoms with E-state index in [1.165, 1.54) is 11.8 Å². The average molecular weight is 396 g/mol. The third kappa shape index (κ3) is 5.01. The van der Waals surface area contributed by atoms with E-state index in [-0.39, 0.29) is 18.9 Å². The molecule has 2 aromatic carbocycles. The number of aliphatic carboxylic acids is 1. The Morgan fingerprint density at radius 3 is 2.68 bits per heavy atom. The van der Waals surface area contributed by atoms with Crippen LogP contribution in [0.2, 0.25) is 0 Å². The minimum atomic E-state index is -0.899. The lowest BCUT2D eigenvalue weighted by Gasteiger charge is -2.04. The molecule has 0 radical (unpaired) electrons. The van der Waals surface area contributed by atoms with Gasteiger partial charge in [0.15, 0.2) is 5.17 Å². The highest BCUT2D eigenvalue weighted by atomic mass is 32.2. The fourth-order valence-electron chi connectivity index (χ4n) is 2.51. The molecule has 1 aliphatic heterocycles. The van der Waals surface area contributed by atoms with Crippen molar-refractivity contribution in [3.63, 3.8) is 0 Å². The molecule has 1 fully saturated rings. The van der Waals surface area contributed by atoms with E-state index in [0.717, 1.165) is 22.4 Å². The molecule has 0 spiro atoms. The number of aryl methyl sites for hydroxylation is 1. The van der Waals surface area contributed by atoms with Crippen molar-refractivity contribution in [3.8, 4) is 5.75 Å². The maximum absolute atomic E-state index is 12.2. The number of amidine groups is 1. The number of benzene rings is 2. The third-order valence-electron chi connectivity index (χ3n) is 4.21. The van der Waals surface area contributed by atoms with Gasteiger partial charge >= 0.3 is 5.97 Å².